The highest BCUT2D eigenvalue weighted by Gasteiger charge is 2.10. The lowest BCUT2D eigenvalue weighted by Gasteiger charge is -2.08. The maximum Gasteiger partial charge on any atom is 0.129 e. The van der Waals surface area contributed by atoms with Gasteiger partial charge >= 0.3 is 0 Å². The molecule has 0 radical (unpaired) electrons. The Morgan fingerprint density at radius 2 is 2.25 bits per heavy atom. The molecule has 2 nitrogen and oxygen atoms in total. The molecule has 0 fully saturated rings. The first-order valence-electron chi connectivity index (χ1n) is 3.48. The van der Waals surface area contributed by atoms with E-state index in [2.05, 4.69) is 15.9 Å². The molecule has 0 heterocycles. The number of benzene rings is 1. The van der Waals surface area contributed by atoms with E-state index in [0.29, 0.717) is 0 Å². The summed E-state index contributed by atoms with van der Waals surface area (Å²) in [6, 6.07) is 4.38. The van der Waals surface area contributed by atoms with Gasteiger partial charge < -0.3 is 10.8 Å². The fourth-order valence-electron chi connectivity index (χ4n) is 0.897. The third-order valence-corrected chi connectivity index (χ3v) is 2.03. The zero-order valence-electron chi connectivity index (χ0n) is 6.30. The lowest BCUT2D eigenvalue weighted by Crippen LogP contribution is -2.12. The first kappa shape index (κ1) is 9.64. The van der Waals surface area contributed by atoms with Crippen LogP contribution in [0, 0.1) is 5.82 Å². The Hall–Kier alpha value is -0.450. The van der Waals surface area contributed by atoms with Gasteiger partial charge in [0.1, 0.15) is 5.82 Å². The van der Waals surface area contributed by atoms with Gasteiger partial charge in [0.25, 0.3) is 0 Å². The van der Waals surface area contributed by atoms with E-state index < -0.39 is 11.9 Å². The summed E-state index contributed by atoms with van der Waals surface area (Å²) in [6.07, 6.45) is -0.928. The number of nitrogens with two attached hydrogens (primary N) is 1. The number of halogens is 2. The van der Waals surface area contributed by atoms with Gasteiger partial charge in [0.2, 0.25) is 0 Å². The number of rotatable bonds is 2. The maximum absolute atomic E-state index is 13.0. The molecule has 0 aromatic heterocycles. The zero-order chi connectivity index (χ0) is 9.14. The van der Waals surface area contributed by atoms with Crippen molar-refractivity contribution in [2.45, 2.75) is 6.10 Å². The molecule has 0 saturated carbocycles. The average Bonchev–Trinajstić information content (AvgIpc) is 2.08. The second kappa shape index (κ2) is 3.98. The van der Waals surface area contributed by atoms with Crippen molar-refractivity contribution in [3.63, 3.8) is 0 Å². The molecule has 4 heteroatoms. The van der Waals surface area contributed by atoms with Crippen molar-refractivity contribution < 1.29 is 9.50 Å². The summed E-state index contributed by atoms with van der Waals surface area (Å²) in [5, 5.41) is 9.25. The Kier molecular flexibility index (Phi) is 3.20. The Labute approximate surface area is 78.3 Å². The molecule has 12 heavy (non-hydrogen) atoms. The second-order valence-corrected chi connectivity index (χ2v) is 3.33. The van der Waals surface area contributed by atoms with E-state index in [1.807, 2.05) is 0 Å². The fourth-order valence-corrected chi connectivity index (χ4v) is 1.28. The molecular weight excluding hydrogens is 225 g/mol. The maximum atomic E-state index is 13.0. The van der Waals surface area contributed by atoms with E-state index >= 15 is 0 Å². The van der Waals surface area contributed by atoms with E-state index in [-0.39, 0.29) is 12.1 Å². The minimum atomic E-state index is -0.928. The van der Waals surface area contributed by atoms with Crippen LogP contribution in [0.3, 0.4) is 0 Å². The Morgan fingerprint density at radius 1 is 1.58 bits per heavy atom. The highest BCUT2D eigenvalue weighted by molar-refractivity contribution is 9.10. The number of hydrogen-bond donors (Lipinski definition) is 2. The Bertz CT molecular complexity index is 280. The van der Waals surface area contributed by atoms with Gasteiger partial charge in [-0.3, -0.25) is 0 Å². The molecule has 0 amide bonds. The van der Waals surface area contributed by atoms with Crippen LogP contribution in [0.15, 0.2) is 22.7 Å². The van der Waals surface area contributed by atoms with E-state index in [1.54, 1.807) is 6.07 Å². The van der Waals surface area contributed by atoms with Gasteiger partial charge in [0.05, 0.1) is 6.10 Å². The van der Waals surface area contributed by atoms with Crippen molar-refractivity contribution in [2.24, 2.45) is 5.73 Å². The minimum Gasteiger partial charge on any atom is -0.387 e. The molecule has 1 unspecified atom stereocenters. The largest absolute Gasteiger partial charge is 0.387 e. The molecule has 1 rings (SSSR count). The Balaban J connectivity index is 3.04. The van der Waals surface area contributed by atoms with Gasteiger partial charge in [-0.1, -0.05) is 15.9 Å². The lowest BCUT2D eigenvalue weighted by atomic mass is 10.1. The summed E-state index contributed by atoms with van der Waals surface area (Å²) in [5.41, 5.74) is 5.42. The topological polar surface area (TPSA) is 46.2 Å². The predicted octanol–water partition coefficient (Wildman–Crippen LogP) is 1.58. The van der Waals surface area contributed by atoms with Gasteiger partial charge in [0, 0.05) is 16.6 Å². The van der Waals surface area contributed by atoms with Crippen LogP contribution in [0.25, 0.3) is 0 Å². The molecule has 3 N–H and O–H groups in total. The monoisotopic (exact) mass is 233 g/mol. The van der Waals surface area contributed by atoms with Crippen molar-refractivity contribution in [2.75, 3.05) is 6.54 Å². The highest BCUT2D eigenvalue weighted by atomic mass is 79.9. The second-order valence-electron chi connectivity index (χ2n) is 2.42. The first-order chi connectivity index (χ1) is 5.65. The van der Waals surface area contributed by atoms with Crippen LogP contribution in [0.4, 0.5) is 4.39 Å². The molecule has 0 bridgehead atoms. The van der Waals surface area contributed by atoms with Gasteiger partial charge in [0.15, 0.2) is 0 Å². The molecule has 66 valence electrons. The first-order valence-corrected chi connectivity index (χ1v) is 4.27. The summed E-state index contributed by atoms with van der Waals surface area (Å²) in [4.78, 5) is 0. The van der Waals surface area contributed by atoms with E-state index in [0.717, 1.165) is 4.47 Å². The normalized spacial score (nSPS) is 13.0. The van der Waals surface area contributed by atoms with Gasteiger partial charge in [-0.05, 0) is 18.2 Å². The summed E-state index contributed by atoms with van der Waals surface area (Å²) in [7, 11) is 0. The minimum absolute atomic E-state index is 0.0212. The molecule has 1 atom stereocenters. The van der Waals surface area contributed by atoms with Crippen LogP contribution in [-0.2, 0) is 0 Å². The van der Waals surface area contributed by atoms with E-state index in [4.69, 9.17) is 5.73 Å². The van der Waals surface area contributed by atoms with Crippen LogP contribution >= 0.6 is 15.9 Å². The Morgan fingerprint density at radius 3 is 2.83 bits per heavy atom. The standard InChI is InChI=1S/C8H9BrFNO/c9-5-1-2-7(10)6(3-5)8(12)4-11/h1-3,8,12H,4,11H2. The number of aliphatic hydroxyl groups excluding tert-OH is 1. The molecule has 0 saturated heterocycles. The lowest BCUT2D eigenvalue weighted by molar-refractivity contribution is 0.182. The van der Waals surface area contributed by atoms with Crippen LogP contribution < -0.4 is 5.73 Å². The summed E-state index contributed by atoms with van der Waals surface area (Å²) in [6.45, 7) is 0.0212. The van der Waals surface area contributed by atoms with Crippen molar-refractivity contribution in [1.82, 2.24) is 0 Å². The van der Waals surface area contributed by atoms with Crippen LogP contribution in [0.2, 0.25) is 0 Å². The highest BCUT2D eigenvalue weighted by Crippen LogP contribution is 2.20. The van der Waals surface area contributed by atoms with E-state index in [1.165, 1.54) is 12.1 Å². The van der Waals surface area contributed by atoms with Crippen molar-refractivity contribution in [1.29, 1.82) is 0 Å². The quantitative estimate of drug-likeness (QED) is 0.815. The third-order valence-electron chi connectivity index (χ3n) is 1.54. The van der Waals surface area contributed by atoms with Crippen LogP contribution in [0.1, 0.15) is 11.7 Å². The van der Waals surface area contributed by atoms with Gasteiger partial charge in [-0.15, -0.1) is 0 Å². The van der Waals surface area contributed by atoms with E-state index in [9.17, 15) is 9.50 Å². The zero-order valence-corrected chi connectivity index (χ0v) is 7.88. The van der Waals surface area contributed by atoms with Gasteiger partial charge in [-0.25, -0.2) is 4.39 Å². The molecule has 0 aliphatic heterocycles. The predicted molar refractivity (Wildman–Crippen MR) is 48.1 cm³/mol. The fraction of sp³-hybridized carbons (Fsp3) is 0.250. The molecule has 1 aromatic rings. The molecule has 0 spiro atoms. The number of aliphatic hydroxyl groups is 1. The smallest absolute Gasteiger partial charge is 0.129 e. The molecule has 0 aliphatic rings. The SMILES string of the molecule is NCC(O)c1cc(Br)ccc1F. The van der Waals surface area contributed by atoms with Crippen molar-refractivity contribution >= 4 is 15.9 Å². The van der Waals surface area contributed by atoms with Crippen LogP contribution in [0.5, 0.6) is 0 Å². The third kappa shape index (κ3) is 2.03. The number of hydrogen-bond acceptors (Lipinski definition) is 2. The van der Waals surface area contributed by atoms with Gasteiger partial charge in [-0.2, -0.15) is 0 Å². The molecule has 0 aliphatic carbocycles. The van der Waals surface area contributed by atoms with Crippen molar-refractivity contribution in [3.8, 4) is 0 Å². The summed E-state index contributed by atoms with van der Waals surface area (Å²) < 4.78 is 13.7. The summed E-state index contributed by atoms with van der Waals surface area (Å²) in [5.74, 6) is -0.434. The summed E-state index contributed by atoms with van der Waals surface area (Å²) >= 11 is 3.18. The molecular formula is C8H9BrFNO. The molecule has 1 aromatic carbocycles. The van der Waals surface area contributed by atoms with Crippen molar-refractivity contribution in [3.05, 3.63) is 34.1 Å². The van der Waals surface area contributed by atoms with Crippen LogP contribution in [-0.4, -0.2) is 11.7 Å². The average molecular weight is 234 g/mol.